The number of rotatable bonds is 8. The maximum atomic E-state index is 11.6. The zero-order valence-corrected chi connectivity index (χ0v) is 12.6. The van der Waals surface area contributed by atoms with E-state index in [-0.39, 0.29) is 24.7 Å². The van der Waals surface area contributed by atoms with E-state index in [1.54, 1.807) is 19.1 Å². The second-order valence-electron chi connectivity index (χ2n) is 4.83. The van der Waals surface area contributed by atoms with Crippen molar-refractivity contribution in [3.05, 3.63) is 47.1 Å². The molecule has 1 aromatic heterocycles. The molecular formula is C15H17N3O5. The van der Waals surface area contributed by atoms with Crippen LogP contribution in [-0.4, -0.2) is 40.3 Å². The van der Waals surface area contributed by atoms with E-state index in [0.717, 1.165) is 5.56 Å². The molecule has 0 spiro atoms. The van der Waals surface area contributed by atoms with Gasteiger partial charge in [0, 0.05) is 6.54 Å². The second kappa shape index (κ2) is 8.04. The predicted octanol–water partition coefficient (Wildman–Crippen LogP) is 0.952. The van der Waals surface area contributed by atoms with Crippen LogP contribution in [0.2, 0.25) is 0 Å². The third-order valence-corrected chi connectivity index (χ3v) is 2.94. The van der Waals surface area contributed by atoms with Crippen molar-refractivity contribution >= 4 is 11.9 Å². The summed E-state index contributed by atoms with van der Waals surface area (Å²) >= 11 is 0. The van der Waals surface area contributed by atoms with Crippen LogP contribution in [0.25, 0.3) is 0 Å². The van der Waals surface area contributed by atoms with Crippen LogP contribution in [0, 0.1) is 6.92 Å². The quantitative estimate of drug-likeness (QED) is 0.744. The first-order valence-corrected chi connectivity index (χ1v) is 7.00. The number of hydrogen-bond acceptors (Lipinski definition) is 6. The van der Waals surface area contributed by atoms with E-state index in [1.165, 1.54) is 6.07 Å². The maximum absolute atomic E-state index is 11.6. The fraction of sp³-hybridized carbons (Fsp3) is 0.333. The Morgan fingerprint density at radius 2 is 2.22 bits per heavy atom. The first kappa shape index (κ1) is 16.6. The number of carbonyl (C=O) groups is 2. The third-order valence-electron chi connectivity index (χ3n) is 2.94. The minimum Gasteiger partial charge on any atom is -0.478 e. The molecule has 8 heteroatoms. The van der Waals surface area contributed by atoms with Gasteiger partial charge in [-0.1, -0.05) is 17.3 Å². The van der Waals surface area contributed by atoms with Crippen LogP contribution in [0.4, 0.5) is 0 Å². The highest BCUT2D eigenvalue weighted by atomic mass is 16.5. The van der Waals surface area contributed by atoms with E-state index < -0.39 is 5.97 Å². The van der Waals surface area contributed by atoms with Crippen molar-refractivity contribution < 1.29 is 24.0 Å². The van der Waals surface area contributed by atoms with Gasteiger partial charge in [0.05, 0.1) is 5.56 Å². The lowest BCUT2D eigenvalue weighted by Gasteiger charge is -2.06. The summed E-state index contributed by atoms with van der Waals surface area (Å²) in [5.74, 6) is -0.409. The first-order chi connectivity index (χ1) is 11.0. The molecule has 2 rings (SSSR count). The third kappa shape index (κ3) is 5.51. The molecule has 0 radical (unpaired) electrons. The highest BCUT2D eigenvalue weighted by Crippen LogP contribution is 2.05. The predicted molar refractivity (Wildman–Crippen MR) is 78.8 cm³/mol. The van der Waals surface area contributed by atoms with E-state index in [2.05, 4.69) is 15.5 Å². The number of carboxylic acid groups (broad SMARTS) is 1. The van der Waals surface area contributed by atoms with Crippen molar-refractivity contribution in [1.29, 1.82) is 0 Å². The Balaban J connectivity index is 1.66. The highest BCUT2D eigenvalue weighted by molar-refractivity contribution is 5.87. The summed E-state index contributed by atoms with van der Waals surface area (Å²) in [6.45, 7) is 2.05. The molecule has 2 N–H and O–H groups in total. The van der Waals surface area contributed by atoms with Gasteiger partial charge in [-0.2, -0.15) is 4.98 Å². The molecule has 0 aliphatic carbocycles. The number of aromatic nitrogens is 2. The Morgan fingerprint density at radius 3 is 2.91 bits per heavy atom. The number of aromatic carboxylic acids is 1. The fourth-order valence-corrected chi connectivity index (χ4v) is 1.89. The fourth-order valence-electron chi connectivity index (χ4n) is 1.89. The maximum Gasteiger partial charge on any atom is 0.335 e. The van der Waals surface area contributed by atoms with Crippen molar-refractivity contribution in [3.63, 3.8) is 0 Å². The molecule has 0 bridgehead atoms. The van der Waals surface area contributed by atoms with Crippen LogP contribution in [0.5, 0.6) is 0 Å². The van der Waals surface area contributed by atoms with Gasteiger partial charge in [0.25, 0.3) is 5.89 Å². The summed E-state index contributed by atoms with van der Waals surface area (Å²) in [6, 6.07) is 6.60. The number of benzene rings is 1. The van der Waals surface area contributed by atoms with Gasteiger partial charge in [-0.15, -0.1) is 0 Å². The minimum absolute atomic E-state index is 0.0783. The number of ether oxygens (including phenoxy) is 1. The second-order valence-corrected chi connectivity index (χ2v) is 4.83. The van der Waals surface area contributed by atoms with Crippen molar-refractivity contribution in [2.75, 3.05) is 13.2 Å². The lowest BCUT2D eigenvalue weighted by Crippen LogP contribution is -2.29. The number of hydrogen-bond donors (Lipinski definition) is 2. The van der Waals surface area contributed by atoms with E-state index >= 15 is 0 Å². The number of nitrogens with zero attached hydrogens (tertiary/aromatic N) is 2. The Kier molecular flexibility index (Phi) is 5.81. The van der Waals surface area contributed by atoms with Crippen LogP contribution in [0.15, 0.2) is 28.8 Å². The van der Waals surface area contributed by atoms with Gasteiger partial charge in [0.2, 0.25) is 5.91 Å². The molecule has 0 aliphatic rings. The normalized spacial score (nSPS) is 10.5. The topological polar surface area (TPSA) is 115 Å². The Hall–Kier alpha value is -2.74. The van der Waals surface area contributed by atoms with Crippen LogP contribution in [0.3, 0.4) is 0 Å². The zero-order chi connectivity index (χ0) is 16.7. The largest absolute Gasteiger partial charge is 0.478 e. The number of carbonyl (C=O) groups excluding carboxylic acids is 1. The Morgan fingerprint density at radius 1 is 1.39 bits per heavy atom. The molecule has 1 heterocycles. The highest BCUT2D eigenvalue weighted by Gasteiger charge is 2.06. The number of nitrogens with one attached hydrogen (secondary N) is 1. The van der Waals surface area contributed by atoms with Crippen molar-refractivity contribution in [2.45, 2.75) is 20.0 Å². The van der Waals surface area contributed by atoms with Crippen LogP contribution in [0.1, 0.15) is 27.6 Å². The molecule has 0 aliphatic heterocycles. The molecule has 0 atom stereocenters. The summed E-state index contributed by atoms with van der Waals surface area (Å²) in [7, 11) is 0. The molecule has 122 valence electrons. The summed E-state index contributed by atoms with van der Waals surface area (Å²) in [6.07, 6.45) is 0.537. The van der Waals surface area contributed by atoms with E-state index in [1.807, 2.05) is 6.07 Å². The summed E-state index contributed by atoms with van der Waals surface area (Å²) in [5, 5.41) is 15.2. The molecule has 0 fully saturated rings. The lowest BCUT2D eigenvalue weighted by molar-refractivity contribution is -0.126. The average molecular weight is 319 g/mol. The lowest BCUT2D eigenvalue weighted by atomic mass is 10.1. The smallest absolute Gasteiger partial charge is 0.335 e. The summed E-state index contributed by atoms with van der Waals surface area (Å²) in [4.78, 5) is 26.4. The van der Waals surface area contributed by atoms with Crippen molar-refractivity contribution in [1.82, 2.24) is 15.5 Å². The van der Waals surface area contributed by atoms with Crippen LogP contribution < -0.4 is 5.32 Å². The van der Waals surface area contributed by atoms with Gasteiger partial charge in [-0.3, -0.25) is 4.79 Å². The monoisotopic (exact) mass is 319 g/mol. The molecule has 0 unspecified atom stereocenters. The van der Waals surface area contributed by atoms with Gasteiger partial charge in [0.15, 0.2) is 5.82 Å². The zero-order valence-electron chi connectivity index (χ0n) is 12.6. The van der Waals surface area contributed by atoms with Gasteiger partial charge in [-0.05, 0) is 31.0 Å². The van der Waals surface area contributed by atoms with Gasteiger partial charge < -0.3 is 19.7 Å². The first-order valence-electron chi connectivity index (χ1n) is 7.00. The summed E-state index contributed by atoms with van der Waals surface area (Å²) in [5.41, 5.74) is 1.07. The van der Waals surface area contributed by atoms with Crippen LogP contribution in [-0.2, 0) is 22.6 Å². The summed E-state index contributed by atoms with van der Waals surface area (Å²) < 4.78 is 10.0. The number of amides is 1. The molecule has 1 amide bonds. The molecule has 1 aromatic carbocycles. The molecule has 8 nitrogen and oxygen atoms in total. The average Bonchev–Trinajstić information content (AvgIpc) is 2.93. The standard InChI is InChI=1S/C15H17N3O5/c1-10-17-14(23-18-10)9-22-8-13(19)16-6-5-11-3-2-4-12(7-11)15(20)21/h2-4,7H,5-6,8-9H2,1H3,(H,16,19)(H,20,21). The SMILES string of the molecule is Cc1noc(COCC(=O)NCCc2cccc(C(=O)O)c2)n1. The molecule has 2 aromatic rings. The van der Waals surface area contributed by atoms with E-state index in [0.29, 0.717) is 24.7 Å². The van der Waals surface area contributed by atoms with Crippen molar-refractivity contribution in [3.8, 4) is 0 Å². The Labute approximate surface area is 132 Å². The van der Waals surface area contributed by atoms with Gasteiger partial charge >= 0.3 is 5.97 Å². The molecule has 0 saturated heterocycles. The van der Waals surface area contributed by atoms with E-state index in [4.69, 9.17) is 14.4 Å². The van der Waals surface area contributed by atoms with Crippen molar-refractivity contribution in [2.24, 2.45) is 0 Å². The number of aryl methyl sites for hydroxylation is 1. The minimum atomic E-state index is -0.972. The van der Waals surface area contributed by atoms with Gasteiger partial charge in [-0.25, -0.2) is 4.79 Å². The molecule has 0 saturated carbocycles. The molecule has 23 heavy (non-hydrogen) atoms. The molecular weight excluding hydrogens is 302 g/mol. The Bertz CT molecular complexity index is 683. The van der Waals surface area contributed by atoms with E-state index in [9.17, 15) is 9.59 Å². The van der Waals surface area contributed by atoms with Gasteiger partial charge in [0.1, 0.15) is 13.2 Å². The number of carboxylic acids is 1. The van der Waals surface area contributed by atoms with Crippen LogP contribution >= 0.6 is 0 Å².